The van der Waals surface area contributed by atoms with Gasteiger partial charge in [0.15, 0.2) is 6.10 Å². The third-order valence-corrected chi connectivity index (χ3v) is 9.47. The average molecular weight is 695 g/mol. The SMILES string of the molecule is CCCCCCCCCC(=O)O[C@H](COC(=O)CCCCCCCCCCCCCC(C)C)COC(=O)CCCCCCCCCC(C)C. The minimum Gasteiger partial charge on any atom is -0.462 e. The molecule has 0 saturated carbocycles. The van der Waals surface area contributed by atoms with Crippen molar-refractivity contribution in [2.45, 2.75) is 233 Å². The van der Waals surface area contributed by atoms with E-state index in [-0.39, 0.29) is 31.1 Å². The molecule has 49 heavy (non-hydrogen) atoms. The molecule has 0 amide bonds. The summed E-state index contributed by atoms with van der Waals surface area (Å²) in [5.74, 6) is 0.738. The molecule has 0 spiro atoms. The standard InChI is InChI=1S/C43H82O6/c1-6-7-8-9-16-25-30-35-43(46)49-40(37-48-42(45)34-29-24-20-15-18-22-27-32-39(4)5)36-47-41(44)33-28-23-19-14-12-10-11-13-17-21-26-31-38(2)3/h38-40H,6-37H2,1-5H3/t40-/m1/s1. The average Bonchev–Trinajstić information content (AvgIpc) is 3.06. The van der Waals surface area contributed by atoms with Gasteiger partial charge in [-0.2, -0.15) is 0 Å². The van der Waals surface area contributed by atoms with Crippen molar-refractivity contribution in [1.82, 2.24) is 0 Å². The predicted octanol–water partition coefficient (Wildman–Crippen LogP) is 13.0. The van der Waals surface area contributed by atoms with Crippen molar-refractivity contribution in [3.63, 3.8) is 0 Å². The van der Waals surface area contributed by atoms with Gasteiger partial charge < -0.3 is 14.2 Å². The van der Waals surface area contributed by atoms with Crippen LogP contribution >= 0.6 is 0 Å². The number of unbranched alkanes of at least 4 members (excludes halogenated alkanes) is 22. The molecule has 6 heteroatoms. The molecule has 0 aromatic carbocycles. The van der Waals surface area contributed by atoms with Crippen LogP contribution in [0, 0.1) is 11.8 Å². The van der Waals surface area contributed by atoms with Crippen LogP contribution in [0.3, 0.4) is 0 Å². The second-order valence-electron chi connectivity index (χ2n) is 15.6. The summed E-state index contributed by atoms with van der Waals surface area (Å²) in [5.41, 5.74) is 0. The third-order valence-electron chi connectivity index (χ3n) is 9.47. The maximum absolute atomic E-state index is 12.6. The summed E-state index contributed by atoms with van der Waals surface area (Å²) >= 11 is 0. The maximum atomic E-state index is 12.6. The van der Waals surface area contributed by atoms with Crippen LogP contribution in [0.15, 0.2) is 0 Å². The van der Waals surface area contributed by atoms with Gasteiger partial charge in [-0.15, -0.1) is 0 Å². The third kappa shape index (κ3) is 37.5. The predicted molar refractivity (Wildman–Crippen MR) is 206 cm³/mol. The zero-order chi connectivity index (χ0) is 36.2. The lowest BCUT2D eigenvalue weighted by Crippen LogP contribution is -2.30. The Morgan fingerprint density at radius 1 is 0.388 bits per heavy atom. The van der Waals surface area contributed by atoms with E-state index in [0.717, 1.165) is 69.6 Å². The molecule has 0 aromatic rings. The van der Waals surface area contributed by atoms with Gasteiger partial charge in [0, 0.05) is 19.3 Å². The Labute approximate surface area is 304 Å². The Morgan fingerprint density at radius 2 is 0.673 bits per heavy atom. The van der Waals surface area contributed by atoms with Crippen LogP contribution < -0.4 is 0 Å². The summed E-state index contributed by atoms with van der Waals surface area (Å²) in [4.78, 5) is 37.4. The molecule has 0 fully saturated rings. The van der Waals surface area contributed by atoms with E-state index in [4.69, 9.17) is 14.2 Å². The molecular weight excluding hydrogens is 612 g/mol. The summed E-state index contributed by atoms with van der Waals surface area (Å²) in [6.45, 7) is 11.2. The van der Waals surface area contributed by atoms with E-state index in [1.54, 1.807) is 0 Å². The normalized spacial score (nSPS) is 12.1. The topological polar surface area (TPSA) is 78.9 Å². The fourth-order valence-electron chi connectivity index (χ4n) is 6.22. The molecule has 0 saturated heterocycles. The zero-order valence-corrected chi connectivity index (χ0v) is 33.3. The first-order valence-electron chi connectivity index (χ1n) is 21.2. The zero-order valence-electron chi connectivity index (χ0n) is 33.3. The van der Waals surface area contributed by atoms with E-state index in [0.29, 0.717) is 19.3 Å². The lowest BCUT2D eigenvalue weighted by atomic mass is 10.0. The van der Waals surface area contributed by atoms with E-state index >= 15 is 0 Å². The lowest BCUT2D eigenvalue weighted by Gasteiger charge is -2.18. The van der Waals surface area contributed by atoms with Crippen LogP contribution in [0.1, 0.15) is 227 Å². The molecule has 0 aliphatic rings. The first-order valence-corrected chi connectivity index (χ1v) is 21.2. The summed E-state index contributed by atoms with van der Waals surface area (Å²) in [5, 5.41) is 0. The number of rotatable bonds is 37. The Bertz CT molecular complexity index is 749. The Hall–Kier alpha value is -1.59. The van der Waals surface area contributed by atoms with Gasteiger partial charge in [-0.1, -0.05) is 189 Å². The van der Waals surface area contributed by atoms with E-state index < -0.39 is 6.10 Å². The highest BCUT2D eigenvalue weighted by atomic mass is 16.6. The van der Waals surface area contributed by atoms with Crippen LogP contribution in [0.5, 0.6) is 0 Å². The van der Waals surface area contributed by atoms with E-state index in [1.165, 1.54) is 116 Å². The van der Waals surface area contributed by atoms with Crippen molar-refractivity contribution >= 4 is 17.9 Å². The highest BCUT2D eigenvalue weighted by molar-refractivity contribution is 5.71. The first kappa shape index (κ1) is 47.4. The maximum Gasteiger partial charge on any atom is 0.306 e. The van der Waals surface area contributed by atoms with Gasteiger partial charge in [-0.3, -0.25) is 14.4 Å². The molecule has 0 aromatic heterocycles. The number of ether oxygens (including phenoxy) is 3. The molecule has 1 atom stereocenters. The molecule has 0 bridgehead atoms. The molecule has 0 aliphatic heterocycles. The van der Waals surface area contributed by atoms with E-state index in [2.05, 4.69) is 34.6 Å². The minimum absolute atomic E-state index is 0.0663. The molecule has 0 rings (SSSR count). The van der Waals surface area contributed by atoms with Gasteiger partial charge >= 0.3 is 17.9 Å². The number of esters is 3. The highest BCUT2D eigenvalue weighted by Gasteiger charge is 2.19. The van der Waals surface area contributed by atoms with Crippen LogP contribution in [0.2, 0.25) is 0 Å². The lowest BCUT2D eigenvalue weighted by molar-refractivity contribution is -0.167. The monoisotopic (exact) mass is 695 g/mol. The van der Waals surface area contributed by atoms with Gasteiger partial charge in [-0.05, 0) is 31.1 Å². The second-order valence-corrected chi connectivity index (χ2v) is 15.6. The number of hydrogen-bond acceptors (Lipinski definition) is 6. The van der Waals surface area contributed by atoms with Gasteiger partial charge in [0.1, 0.15) is 13.2 Å². The summed E-state index contributed by atoms with van der Waals surface area (Å²) in [7, 11) is 0. The number of hydrogen-bond donors (Lipinski definition) is 0. The minimum atomic E-state index is -0.758. The second kappa shape index (κ2) is 36.2. The summed E-state index contributed by atoms with van der Waals surface area (Å²) < 4.78 is 16.6. The Morgan fingerprint density at radius 3 is 1.00 bits per heavy atom. The molecule has 0 heterocycles. The molecule has 0 aliphatic carbocycles. The molecule has 0 unspecified atom stereocenters. The molecule has 290 valence electrons. The van der Waals surface area contributed by atoms with Crippen LogP contribution in [0.25, 0.3) is 0 Å². The number of carbonyl (C=O) groups is 3. The van der Waals surface area contributed by atoms with Gasteiger partial charge in [-0.25, -0.2) is 0 Å². The highest BCUT2D eigenvalue weighted by Crippen LogP contribution is 2.16. The summed E-state index contributed by atoms with van der Waals surface area (Å²) in [6.07, 6.45) is 32.5. The largest absolute Gasteiger partial charge is 0.462 e. The van der Waals surface area contributed by atoms with Crippen LogP contribution in [-0.4, -0.2) is 37.2 Å². The van der Waals surface area contributed by atoms with Crippen molar-refractivity contribution < 1.29 is 28.6 Å². The first-order chi connectivity index (χ1) is 23.7. The Balaban J connectivity index is 4.26. The van der Waals surface area contributed by atoms with E-state index in [9.17, 15) is 14.4 Å². The fraction of sp³-hybridized carbons (Fsp3) is 0.930. The van der Waals surface area contributed by atoms with Crippen molar-refractivity contribution in [2.75, 3.05) is 13.2 Å². The number of carbonyl (C=O) groups excluding carboxylic acids is 3. The van der Waals surface area contributed by atoms with E-state index in [1.807, 2.05) is 0 Å². The fourth-order valence-corrected chi connectivity index (χ4v) is 6.22. The molecule has 0 N–H and O–H groups in total. The molecule has 0 radical (unpaired) electrons. The van der Waals surface area contributed by atoms with Crippen molar-refractivity contribution in [3.8, 4) is 0 Å². The van der Waals surface area contributed by atoms with Crippen molar-refractivity contribution in [1.29, 1.82) is 0 Å². The van der Waals surface area contributed by atoms with Gasteiger partial charge in [0.05, 0.1) is 0 Å². The van der Waals surface area contributed by atoms with Crippen molar-refractivity contribution in [3.05, 3.63) is 0 Å². The van der Waals surface area contributed by atoms with Crippen molar-refractivity contribution in [2.24, 2.45) is 11.8 Å². The molecular formula is C43H82O6. The quantitative estimate of drug-likeness (QED) is 0.0366. The van der Waals surface area contributed by atoms with Gasteiger partial charge in [0.2, 0.25) is 0 Å². The summed E-state index contributed by atoms with van der Waals surface area (Å²) in [6, 6.07) is 0. The Kier molecular flexibility index (Phi) is 35.0. The van der Waals surface area contributed by atoms with Crippen LogP contribution in [0.4, 0.5) is 0 Å². The van der Waals surface area contributed by atoms with Gasteiger partial charge in [0.25, 0.3) is 0 Å². The molecule has 6 nitrogen and oxygen atoms in total. The smallest absolute Gasteiger partial charge is 0.306 e. The van der Waals surface area contributed by atoms with Crippen LogP contribution in [-0.2, 0) is 28.6 Å².